The fourth-order valence-corrected chi connectivity index (χ4v) is 4.06. The second kappa shape index (κ2) is 8.01. The number of aromatic nitrogens is 3. The molecule has 1 fully saturated rings. The number of benzene rings is 2. The molecule has 3 aromatic rings. The lowest BCUT2D eigenvalue weighted by Crippen LogP contribution is -2.10. The van der Waals surface area contributed by atoms with Crippen molar-refractivity contribution in [3.8, 4) is 11.4 Å². The zero-order valence-electron chi connectivity index (χ0n) is 14.3. The highest BCUT2D eigenvalue weighted by Gasteiger charge is 2.19. The number of hydrogen-bond donors (Lipinski definition) is 0. The van der Waals surface area contributed by atoms with Crippen LogP contribution in [0.15, 0.2) is 59.8 Å². The minimum absolute atomic E-state index is 0.254. The second-order valence-electron chi connectivity index (χ2n) is 6.33. The van der Waals surface area contributed by atoms with E-state index in [-0.39, 0.29) is 11.9 Å². The fourth-order valence-electron chi connectivity index (χ4n) is 3.06. The van der Waals surface area contributed by atoms with Crippen LogP contribution in [-0.4, -0.2) is 33.2 Å². The molecule has 0 bridgehead atoms. The fraction of sp³-hybridized carbons (Fsp3) is 0.300. The average molecular weight is 369 g/mol. The molecule has 0 aliphatic carbocycles. The van der Waals surface area contributed by atoms with Crippen molar-refractivity contribution in [2.45, 2.75) is 30.6 Å². The summed E-state index contributed by atoms with van der Waals surface area (Å²) in [6.07, 6.45) is 2.52. The molecule has 2 heterocycles. The summed E-state index contributed by atoms with van der Waals surface area (Å²) in [6.45, 7) is 1.52. The molecule has 0 amide bonds. The standard InChI is InChI=1S/C20H20FN3OS/c21-17-10-8-16(9-11-17)19-22-23-20(26-14-18-7-4-12-25-18)24(19)13-15-5-2-1-3-6-15/h1-3,5-6,8-11,18H,4,7,12-14H2/t18-/m0/s1. The van der Waals surface area contributed by atoms with Crippen LogP contribution in [0.1, 0.15) is 18.4 Å². The van der Waals surface area contributed by atoms with Gasteiger partial charge in [-0.1, -0.05) is 42.1 Å². The van der Waals surface area contributed by atoms with Gasteiger partial charge in [0.05, 0.1) is 12.6 Å². The number of nitrogens with zero attached hydrogens (tertiary/aromatic N) is 3. The number of thioether (sulfide) groups is 1. The molecule has 0 unspecified atom stereocenters. The van der Waals surface area contributed by atoms with Crippen molar-refractivity contribution in [3.05, 3.63) is 66.0 Å². The molecule has 6 heteroatoms. The van der Waals surface area contributed by atoms with Gasteiger partial charge in [0, 0.05) is 17.9 Å². The molecular weight excluding hydrogens is 349 g/mol. The van der Waals surface area contributed by atoms with Crippen molar-refractivity contribution < 1.29 is 9.13 Å². The van der Waals surface area contributed by atoms with E-state index in [1.165, 1.54) is 17.7 Å². The summed E-state index contributed by atoms with van der Waals surface area (Å²) in [5.74, 6) is 1.37. The molecule has 1 aromatic heterocycles. The number of rotatable bonds is 6. The van der Waals surface area contributed by atoms with E-state index >= 15 is 0 Å². The Morgan fingerprint density at radius 1 is 1.08 bits per heavy atom. The summed E-state index contributed by atoms with van der Waals surface area (Å²) in [5, 5.41) is 9.65. The SMILES string of the molecule is Fc1ccc(-c2nnc(SC[C@@H]3CCCO3)n2Cc2ccccc2)cc1. The molecule has 1 saturated heterocycles. The van der Waals surface area contributed by atoms with E-state index in [0.29, 0.717) is 6.54 Å². The summed E-state index contributed by atoms with van der Waals surface area (Å²) in [4.78, 5) is 0. The summed E-state index contributed by atoms with van der Waals surface area (Å²) < 4.78 is 21.1. The zero-order valence-corrected chi connectivity index (χ0v) is 15.2. The van der Waals surface area contributed by atoms with Crippen LogP contribution in [0.5, 0.6) is 0 Å². The van der Waals surface area contributed by atoms with Crippen molar-refractivity contribution in [1.29, 1.82) is 0 Å². The van der Waals surface area contributed by atoms with Gasteiger partial charge in [-0.2, -0.15) is 0 Å². The van der Waals surface area contributed by atoms with E-state index in [4.69, 9.17) is 4.74 Å². The smallest absolute Gasteiger partial charge is 0.191 e. The maximum absolute atomic E-state index is 13.3. The van der Waals surface area contributed by atoms with E-state index in [0.717, 1.165) is 41.7 Å². The summed E-state index contributed by atoms with van der Waals surface area (Å²) in [7, 11) is 0. The van der Waals surface area contributed by atoms with E-state index < -0.39 is 0 Å². The lowest BCUT2D eigenvalue weighted by molar-refractivity contribution is 0.129. The molecule has 1 atom stereocenters. The van der Waals surface area contributed by atoms with Crippen molar-refractivity contribution in [1.82, 2.24) is 14.8 Å². The largest absolute Gasteiger partial charge is 0.377 e. The molecule has 1 aliphatic heterocycles. The molecule has 0 radical (unpaired) electrons. The number of ether oxygens (including phenoxy) is 1. The van der Waals surface area contributed by atoms with Gasteiger partial charge in [-0.15, -0.1) is 10.2 Å². The molecule has 0 N–H and O–H groups in total. The molecule has 0 spiro atoms. The third-order valence-electron chi connectivity index (χ3n) is 4.43. The van der Waals surface area contributed by atoms with Crippen LogP contribution < -0.4 is 0 Å². The normalized spacial score (nSPS) is 16.9. The predicted molar refractivity (Wildman–Crippen MR) is 101 cm³/mol. The van der Waals surface area contributed by atoms with Crippen LogP contribution in [-0.2, 0) is 11.3 Å². The Hall–Kier alpha value is -2.18. The first kappa shape index (κ1) is 17.2. The third-order valence-corrected chi connectivity index (χ3v) is 5.52. The maximum atomic E-state index is 13.3. The van der Waals surface area contributed by atoms with Crippen molar-refractivity contribution in [3.63, 3.8) is 0 Å². The lowest BCUT2D eigenvalue weighted by atomic mass is 10.2. The highest BCUT2D eigenvalue weighted by Crippen LogP contribution is 2.27. The molecule has 2 aromatic carbocycles. The monoisotopic (exact) mass is 369 g/mol. The first-order valence-corrected chi connectivity index (χ1v) is 9.75. The topological polar surface area (TPSA) is 39.9 Å². The first-order chi connectivity index (χ1) is 12.8. The third kappa shape index (κ3) is 3.97. The number of halogens is 1. The zero-order chi connectivity index (χ0) is 17.8. The van der Waals surface area contributed by atoms with E-state index in [2.05, 4.69) is 26.9 Å². The lowest BCUT2D eigenvalue weighted by Gasteiger charge is -2.12. The molecule has 134 valence electrons. The van der Waals surface area contributed by atoms with Gasteiger partial charge < -0.3 is 4.74 Å². The Balaban J connectivity index is 1.63. The Morgan fingerprint density at radius 2 is 1.88 bits per heavy atom. The highest BCUT2D eigenvalue weighted by molar-refractivity contribution is 7.99. The summed E-state index contributed by atoms with van der Waals surface area (Å²) >= 11 is 1.67. The van der Waals surface area contributed by atoms with Crippen LogP contribution in [0.25, 0.3) is 11.4 Å². The Bertz CT molecular complexity index is 845. The van der Waals surface area contributed by atoms with Crippen molar-refractivity contribution in [2.75, 3.05) is 12.4 Å². The van der Waals surface area contributed by atoms with Crippen molar-refractivity contribution in [2.24, 2.45) is 0 Å². The molecule has 1 aliphatic rings. The van der Waals surface area contributed by atoms with Crippen LogP contribution in [0.3, 0.4) is 0 Å². The Labute approximate surface area is 156 Å². The quantitative estimate of drug-likeness (QED) is 0.604. The van der Waals surface area contributed by atoms with Crippen LogP contribution >= 0.6 is 11.8 Å². The van der Waals surface area contributed by atoms with Crippen LogP contribution in [0.2, 0.25) is 0 Å². The van der Waals surface area contributed by atoms with Gasteiger partial charge in [0.2, 0.25) is 0 Å². The molecule has 26 heavy (non-hydrogen) atoms. The highest BCUT2D eigenvalue weighted by atomic mass is 32.2. The molecule has 4 rings (SSSR count). The molecular formula is C20H20FN3OS. The van der Waals surface area contributed by atoms with Gasteiger partial charge in [0.1, 0.15) is 5.82 Å². The number of hydrogen-bond acceptors (Lipinski definition) is 4. The van der Waals surface area contributed by atoms with E-state index in [1.54, 1.807) is 23.9 Å². The Morgan fingerprint density at radius 3 is 2.62 bits per heavy atom. The maximum Gasteiger partial charge on any atom is 0.191 e. The predicted octanol–water partition coefficient (Wildman–Crippen LogP) is 4.40. The van der Waals surface area contributed by atoms with Gasteiger partial charge in [-0.25, -0.2) is 4.39 Å². The van der Waals surface area contributed by atoms with E-state index in [1.807, 2.05) is 18.2 Å². The molecule has 0 saturated carbocycles. The minimum Gasteiger partial charge on any atom is -0.377 e. The summed E-state index contributed by atoms with van der Waals surface area (Å²) in [6, 6.07) is 16.6. The van der Waals surface area contributed by atoms with Gasteiger partial charge >= 0.3 is 0 Å². The van der Waals surface area contributed by atoms with Crippen LogP contribution in [0, 0.1) is 5.82 Å². The molecule has 4 nitrogen and oxygen atoms in total. The second-order valence-corrected chi connectivity index (χ2v) is 7.32. The van der Waals surface area contributed by atoms with E-state index in [9.17, 15) is 4.39 Å². The first-order valence-electron chi connectivity index (χ1n) is 8.77. The Kier molecular flexibility index (Phi) is 5.32. The van der Waals surface area contributed by atoms with Gasteiger partial charge in [-0.3, -0.25) is 4.57 Å². The summed E-state index contributed by atoms with van der Waals surface area (Å²) in [5.41, 5.74) is 2.04. The van der Waals surface area contributed by atoms with Gasteiger partial charge in [0.25, 0.3) is 0 Å². The van der Waals surface area contributed by atoms with Gasteiger partial charge in [0.15, 0.2) is 11.0 Å². The van der Waals surface area contributed by atoms with Gasteiger partial charge in [-0.05, 0) is 42.7 Å². The average Bonchev–Trinajstić information content (AvgIpc) is 3.32. The van der Waals surface area contributed by atoms with Crippen LogP contribution in [0.4, 0.5) is 4.39 Å². The van der Waals surface area contributed by atoms with Crippen molar-refractivity contribution >= 4 is 11.8 Å². The minimum atomic E-state index is -0.254.